The summed E-state index contributed by atoms with van der Waals surface area (Å²) in [4.78, 5) is 0. The van der Waals surface area contributed by atoms with Crippen molar-refractivity contribution in [3.63, 3.8) is 0 Å². The fourth-order valence-corrected chi connectivity index (χ4v) is 1.67. The van der Waals surface area contributed by atoms with E-state index in [1.807, 2.05) is 7.05 Å². The van der Waals surface area contributed by atoms with Crippen molar-refractivity contribution in [2.24, 2.45) is 0 Å². The van der Waals surface area contributed by atoms with Crippen molar-refractivity contribution in [3.05, 3.63) is 5.32 Å². The van der Waals surface area contributed by atoms with Gasteiger partial charge in [-0.05, 0) is 6.42 Å². The van der Waals surface area contributed by atoms with Gasteiger partial charge in [0.15, 0.2) is 0 Å². The van der Waals surface area contributed by atoms with E-state index in [0.29, 0.717) is 12.1 Å². The van der Waals surface area contributed by atoms with Gasteiger partial charge < -0.3 is 14.8 Å². The zero-order valence-corrected chi connectivity index (χ0v) is 6.12. The van der Waals surface area contributed by atoms with Gasteiger partial charge in [-0.25, -0.2) is 0 Å². The molecule has 3 atom stereocenters. The van der Waals surface area contributed by atoms with E-state index in [1.165, 1.54) is 0 Å². The monoisotopic (exact) mass is 142 g/mol. The van der Waals surface area contributed by atoms with Crippen LogP contribution in [0.1, 0.15) is 6.42 Å². The lowest BCUT2D eigenvalue weighted by Crippen LogP contribution is -2.25. The van der Waals surface area contributed by atoms with Gasteiger partial charge in [-0.15, -0.1) is 0 Å². The molecule has 0 N–H and O–H groups in total. The maximum atomic E-state index is 5.46. The average molecular weight is 142 g/mol. The molecule has 2 heterocycles. The van der Waals surface area contributed by atoms with Gasteiger partial charge in [0.05, 0.1) is 12.2 Å². The van der Waals surface area contributed by atoms with Crippen LogP contribution in [0.3, 0.4) is 0 Å². The molecule has 0 aliphatic carbocycles. The second-order valence-electron chi connectivity index (χ2n) is 2.82. The third-order valence-corrected chi connectivity index (χ3v) is 2.27. The number of fused-ring (bicyclic) bond motifs is 1. The third kappa shape index (κ3) is 0.856. The van der Waals surface area contributed by atoms with E-state index in [0.717, 1.165) is 19.6 Å². The standard InChI is InChI=1S/C7H12NO2/c1-8-5-4-10-6-2-3-9-7(5)6/h5-7H,2-4H2,1H3/q-1. The summed E-state index contributed by atoms with van der Waals surface area (Å²) >= 11 is 0. The first-order valence-corrected chi connectivity index (χ1v) is 3.74. The number of likely N-dealkylation sites (N-methyl/N-ethyl adjacent to an activating group) is 1. The zero-order chi connectivity index (χ0) is 6.97. The van der Waals surface area contributed by atoms with Gasteiger partial charge in [0.1, 0.15) is 0 Å². The molecule has 2 aliphatic heterocycles. The number of nitrogens with zero attached hydrogens (tertiary/aromatic N) is 1. The predicted octanol–water partition coefficient (Wildman–Crippen LogP) is 0.546. The lowest BCUT2D eigenvalue weighted by atomic mass is 10.1. The minimum atomic E-state index is 0.269. The Hall–Kier alpha value is -0.120. The zero-order valence-electron chi connectivity index (χ0n) is 6.12. The number of rotatable bonds is 1. The molecule has 2 rings (SSSR count). The van der Waals surface area contributed by atoms with Gasteiger partial charge in [0, 0.05) is 13.2 Å². The number of hydrogen-bond acceptors (Lipinski definition) is 2. The van der Waals surface area contributed by atoms with Crippen molar-refractivity contribution in [3.8, 4) is 0 Å². The van der Waals surface area contributed by atoms with Crippen molar-refractivity contribution in [1.29, 1.82) is 0 Å². The van der Waals surface area contributed by atoms with E-state index in [9.17, 15) is 0 Å². The minimum Gasteiger partial charge on any atom is -0.658 e. The van der Waals surface area contributed by atoms with Crippen LogP contribution >= 0.6 is 0 Å². The molecule has 3 nitrogen and oxygen atoms in total. The molecule has 0 aromatic carbocycles. The molecule has 0 amide bonds. The normalized spacial score (nSPS) is 45.9. The Morgan fingerprint density at radius 1 is 1.40 bits per heavy atom. The molecular weight excluding hydrogens is 130 g/mol. The summed E-state index contributed by atoms with van der Waals surface area (Å²) in [6.45, 7) is 1.60. The van der Waals surface area contributed by atoms with Crippen LogP contribution in [0.5, 0.6) is 0 Å². The summed E-state index contributed by atoms with van der Waals surface area (Å²) in [7, 11) is 1.83. The Labute approximate surface area is 60.7 Å². The molecule has 0 radical (unpaired) electrons. The van der Waals surface area contributed by atoms with E-state index in [1.54, 1.807) is 0 Å². The van der Waals surface area contributed by atoms with Crippen LogP contribution in [0, 0.1) is 0 Å². The molecule has 0 saturated carbocycles. The summed E-state index contributed by atoms with van der Waals surface area (Å²) in [6.07, 6.45) is 1.66. The first kappa shape index (κ1) is 6.58. The Bertz CT molecular complexity index is 129. The lowest BCUT2D eigenvalue weighted by Gasteiger charge is -2.25. The van der Waals surface area contributed by atoms with Crippen molar-refractivity contribution >= 4 is 0 Å². The Morgan fingerprint density at radius 3 is 3.10 bits per heavy atom. The summed E-state index contributed by atoms with van der Waals surface area (Å²) in [6, 6.07) is 0.299. The van der Waals surface area contributed by atoms with Crippen molar-refractivity contribution in [1.82, 2.24) is 0 Å². The van der Waals surface area contributed by atoms with Crippen LogP contribution in [-0.4, -0.2) is 38.5 Å². The Balaban J connectivity index is 2.01. The highest BCUT2D eigenvalue weighted by atomic mass is 16.6. The SMILES string of the molecule is C[N-]C1COC2CCOC12. The topological polar surface area (TPSA) is 32.6 Å². The molecule has 3 unspecified atom stereocenters. The van der Waals surface area contributed by atoms with Gasteiger partial charge in [-0.2, -0.15) is 7.05 Å². The minimum absolute atomic E-state index is 0.269. The second kappa shape index (κ2) is 2.49. The van der Waals surface area contributed by atoms with Crippen molar-refractivity contribution in [2.75, 3.05) is 20.3 Å². The molecule has 58 valence electrons. The van der Waals surface area contributed by atoms with E-state index in [4.69, 9.17) is 9.47 Å². The van der Waals surface area contributed by atoms with Crippen LogP contribution < -0.4 is 0 Å². The quantitative estimate of drug-likeness (QED) is 0.535. The molecular formula is C7H12NO2-. The Kier molecular flexibility index (Phi) is 1.64. The van der Waals surface area contributed by atoms with Gasteiger partial charge in [-0.1, -0.05) is 6.04 Å². The molecule has 0 aromatic heterocycles. The molecule has 0 bridgehead atoms. The average Bonchev–Trinajstić information content (AvgIpc) is 2.44. The number of hydrogen-bond donors (Lipinski definition) is 0. The molecule has 0 spiro atoms. The second-order valence-corrected chi connectivity index (χ2v) is 2.82. The number of ether oxygens (including phenoxy) is 2. The van der Waals surface area contributed by atoms with Crippen LogP contribution in [0.25, 0.3) is 5.32 Å². The molecule has 10 heavy (non-hydrogen) atoms. The first-order valence-electron chi connectivity index (χ1n) is 3.74. The fourth-order valence-electron chi connectivity index (χ4n) is 1.67. The van der Waals surface area contributed by atoms with Crippen molar-refractivity contribution < 1.29 is 9.47 Å². The highest BCUT2D eigenvalue weighted by Gasteiger charge is 2.36. The van der Waals surface area contributed by atoms with Crippen LogP contribution in [0.2, 0.25) is 0 Å². The molecule has 3 heteroatoms. The van der Waals surface area contributed by atoms with Crippen LogP contribution in [-0.2, 0) is 9.47 Å². The van der Waals surface area contributed by atoms with Gasteiger partial charge in [-0.3, -0.25) is 0 Å². The Morgan fingerprint density at radius 2 is 2.30 bits per heavy atom. The highest BCUT2D eigenvalue weighted by molar-refractivity contribution is 5.02. The lowest BCUT2D eigenvalue weighted by molar-refractivity contribution is 0.0722. The van der Waals surface area contributed by atoms with E-state index >= 15 is 0 Å². The third-order valence-electron chi connectivity index (χ3n) is 2.27. The summed E-state index contributed by atoms with van der Waals surface area (Å²) < 4.78 is 10.9. The molecule has 2 aliphatic rings. The molecule has 2 fully saturated rings. The summed E-state index contributed by atoms with van der Waals surface area (Å²) in [5, 5.41) is 4.18. The van der Waals surface area contributed by atoms with E-state index in [2.05, 4.69) is 5.32 Å². The smallest absolute Gasteiger partial charge is 0.0844 e. The fraction of sp³-hybridized carbons (Fsp3) is 1.00. The van der Waals surface area contributed by atoms with Crippen molar-refractivity contribution in [2.45, 2.75) is 24.7 Å². The highest BCUT2D eigenvalue weighted by Crippen LogP contribution is 2.29. The molecule has 2 saturated heterocycles. The van der Waals surface area contributed by atoms with Crippen LogP contribution in [0.4, 0.5) is 0 Å². The van der Waals surface area contributed by atoms with E-state index < -0.39 is 0 Å². The maximum absolute atomic E-state index is 5.46. The van der Waals surface area contributed by atoms with Gasteiger partial charge >= 0.3 is 0 Å². The maximum Gasteiger partial charge on any atom is 0.0844 e. The van der Waals surface area contributed by atoms with Gasteiger partial charge in [0.25, 0.3) is 0 Å². The summed E-state index contributed by atoms with van der Waals surface area (Å²) in [5.74, 6) is 0. The largest absolute Gasteiger partial charge is 0.658 e. The predicted molar refractivity (Wildman–Crippen MR) is 37.2 cm³/mol. The molecule has 0 aromatic rings. The first-order chi connectivity index (χ1) is 4.92. The van der Waals surface area contributed by atoms with Gasteiger partial charge in [0.2, 0.25) is 0 Å². The van der Waals surface area contributed by atoms with Crippen LogP contribution in [0.15, 0.2) is 0 Å². The summed E-state index contributed by atoms with van der Waals surface area (Å²) in [5.41, 5.74) is 0. The van der Waals surface area contributed by atoms with E-state index in [-0.39, 0.29) is 6.10 Å².